The molecule has 0 fully saturated rings. The van der Waals surface area contributed by atoms with Crippen molar-refractivity contribution < 1.29 is 18.4 Å². The van der Waals surface area contributed by atoms with Crippen LogP contribution < -0.4 is 5.48 Å². The number of hydrogen-bond donors (Lipinski definition) is 2. The van der Waals surface area contributed by atoms with Crippen molar-refractivity contribution in [3.8, 4) is 0 Å². The topological polar surface area (TPSA) is 86.7 Å². The summed E-state index contributed by atoms with van der Waals surface area (Å²) in [4.78, 5) is 12.5. The molecule has 0 unspecified atom stereocenters. The summed E-state index contributed by atoms with van der Waals surface area (Å²) in [5.74, 6) is -0.458. The van der Waals surface area contributed by atoms with Crippen molar-refractivity contribution in [1.29, 1.82) is 0 Å². The number of carbonyl (C=O) groups excluding carboxylic acids is 1. The molecule has 0 radical (unpaired) electrons. The SMILES string of the molecule is Cc1cccc(S(=O)(=O)N(CCC(C)C)[C@@H](C(=O)NO)C(C)(C)C)c1. The third kappa shape index (κ3) is 5.52. The quantitative estimate of drug-likeness (QED) is 0.571. The van der Waals surface area contributed by atoms with Gasteiger partial charge in [-0.3, -0.25) is 10.0 Å². The van der Waals surface area contributed by atoms with Crippen LogP contribution in [0.25, 0.3) is 0 Å². The molecule has 0 heterocycles. The Labute approximate surface area is 151 Å². The minimum absolute atomic E-state index is 0.149. The molecular weight excluding hydrogens is 340 g/mol. The summed E-state index contributed by atoms with van der Waals surface area (Å²) in [7, 11) is -3.90. The first kappa shape index (κ1) is 21.6. The number of nitrogens with one attached hydrogen (secondary N) is 1. The maximum Gasteiger partial charge on any atom is 0.262 e. The molecule has 0 aromatic heterocycles. The van der Waals surface area contributed by atoms with E-state index in [1.165, 1.54) is 10.4 Å². The minimum Gasteiger partial charge on any atom is -0.289 e. The lowest BCUT2D eigenvalue weighted by Gasteiger charge is -2.38. The van der Waals surface area contributed by atoms with Crippen molar-refractivity contribution in [2.24, 2.45) is 11.3 Å². The molecule has 0 aliphatic rings. The van der Waals surface area contributed by atoms with E-state index >= 15 is 0 Å². The first-order valence-electron chi connectivity index (χ1n) is 8.43. The molecule has 1 aromatic carbocycles. The van der Waals surface area contributed by atoms with Crippen molar-refractivity contribution in [3.63, 3.8) is 0 Å². The van der Waals surface area contributed by atoms with Gasteiger partial charge in [0.05, 0.1) is 4.90 Å². The van der Waals surface area contributed by atoms with Crippen molar-refractivity contribution in [1.82, 2.24) is 9.79 Å². The van der Waals surface area contributed by atoms with E-state index in [-0.39, 0.29) is 17.4 Å². The average Bonchev–Trinajstić information content (AvgIpc) is 2.49. The molecule has 2 N–H and O–H groups in total. The van der Waals surface area contributed by atoms with E-state index in [0.29, 0.717) is 6.42 Å². The summed E-state index contributed by atoms with van der Waals surface area (Å²) in [6, 6.07) is 5.59. The number of benzene rings is 1. The highest BCUT2D eigenvalue weighted by Crippen LogP contribution is 2.30. The molecule has 0 spiro atoms. The molecule has 1 rings (SSSR count). The number of hydrogen-bond acceptors (Lipinski definition) is 4. The van der Waals surface area contributed by atoms with Crippen LogP contribution in [0.4, 0.5) is 0 Å². The number of rotatable bonds is 7. The molecule has 25 heavy (non-hydrogen) atoms. The van der Waals surface area contributed by atoms with Gasteiger partial charge in [0.15, 0.2) is 0 Å². The van der Waals surface area contributed by atoms with E-state index in [2.05, 4.69) is 0 Å². The lowest BCUT2D eigenvalue weighted by Crippen LogP contribution is -2.55. The van der Waals surface area contributed by atoms with Crippen LogP contribution in [0.15, 0.2) is 29.2 Å². The monoisotopic (exact) mass is 370 g/mol. The van der Waals surface area contributed by atoms with E-state index in [9.17, 15) is 13.2 Å². The Hall–Kier alpha value is -1.44. The molecule has 0 aliphatic heterocycles. The van der Waals surface area contributed by atoms with Crippen LogP contribution in [0.5, 0.6) is 0 Å². The fourth-order valence-electron chi connectivity index (χ4n) is 2.70. The molecule has 0 saturated heterocycles. The number of aryl methyl sites for hydroxylation is 1. The van der Waals surface area contributed by atoms with E-state index in [4.69, 9.17) is 5.21 Å². The lowest BCUT2D eigenvalue weighted by molar-refractivity contribution is -0.136. The molecule has 1 atom stereocenters. The first-order chi connectivity index (χ1) is 11.4. The van der Waals surface area contributed by atoms with Gasteiger partial charge >= 0.3 is 0 Å². The number of amides is 1. The van der Waals surface area contributed by atoms with Gasteiger partial charge in [-0.1, -0.05) is 46.8 Å². The molecular formula is C18H30N2O4S. The Bertz CT molecular complexity index is 693. The zero-order chi connectivity index (χ0) is 19.4. The van der Waals surface area contributed by atoms with E-state index in [1.807, 2.05) is 26.8 Å². The molecule has 0 aliphatic carbocycles. The Morgan fingerprint density at radius 3 is 2.32 bits per heavy atom. The van der Waals surface area contributed by atoms with Gasteiger partial charge in [0, 0.05) is 6.54 Å². The molecule has 0 saturated carbocycles. The minimum atomic E-state index is -3.90. The second-order valence-corrected chi connectivity index (χ2v) is 9.75. The Morgan fingerprint density at radius 2 is 1.88 bits per heavy atom. The molecule has 7 heteroatoms. The predicted molar refractivity (Wildman–Crippen MR) is 97.7 cm³/mol. The van der Waals surface area contributed by atoms with Crippen LogP contribution in [-0.4, -0.2) is 36.4 Å². The average molecular weight is 371 g/mol. The zero-order valence-corrected chi connectivity index (χ0v) is 16.7. The van der Waals surface area contributed by atoms with Crippen molar-refractivity contribution in [2.75, 3.05) is 6.54 Å². The molecule has 6 nitrogen and oxygen atoms in total. The molecule has 142 valence electrons. The molecule has 1 aromatic rings. The summed E-state index contributed by atoms with van der Waals surface area (Å²) < 4.78 is 27.8. The number of hydroxylamine groups is 1. The van der Waals surface area contributed by atoms with Crippen LogP contribution in [0.1, 0.15) is 46.6 Å². The van der Waals surface area contributed by atoms with Crippen LogP contribution in [0.3, 0.4) is 0 Å². The maximum atomic E-state index is 13.3. The fourth-order valence-corrected chi connectivity index (χ4v) is 4.59. The zero-order valence-electron chi connectivity index (χ0n) is 15.9. The van der Waals surface area contributed by atoms with Crippen LogP contribution in [0, 0.1) is 18.3 Å². The normalized spacial score (nSPS) is 14.0. The van der Waals surface area contributed by atoms with E-state index in [1.54, 1.807) is 38.4 Å². The Morgan fingerprint density at radius 1 is 1.28 bits per heavy atom. The van der Waals surface area contributed by atoms with Crippen LogP contribution in [-0.2, 0) is 14.8 Å². The van der Waals surface area contributed by atoms with Crippen molar-refractivity contribution in [2.45, 2.75) is 58.9 Å². The highest BCUT2D eigenvalue weighted by molar-refractivity contribution is 7.89. The van der Waals surface area contributed by atoms with Gasteiger partial charge in [0.25, 0.3) is 5.91 Å². The standard InChI is InChI=1S/C18H30N2O4S/c1-13(2)10-11-20(16(17(21)19-22)18(4,5)6)25(23,24)15-9-7-8-14(3)12-15/h7-9,12-13,16,22H,10-11H2,1-6H3,(H,19,21)/t16-/m0/s1. The van der Waals surface area contributed by atoms with Gasteiger partial charge < -0.3 is 0 Å². The largest absolute Gasteiger partial charge is 0.289 e. The summed E-state index contributed by atoms with van der Waals surface area (Å²) in [5, 5.41) is 9.15. The molecule has 1 amide bonds. The number of nitrogens with zero attached hydrogens (tertiary/aromatic N) is 1. The first-order valence-corrected chi connectivity index (χ1v) is 9.87. The van der Waals surface area contributed by atoms with Gasteiger partial charge in [0.2, 0.25) is 10.0 Å². The van der Waals surface area contributed by atoms with Gasteiger partial charge in [-0.2, -0.15) is 4.31 Å². The van der Waals surface area contributed by atoms with Gasteiger partial charge in [0.1, 0.15) is 6.04 Å². The van der Waals surface area contributed by atoms with Crippen LogP contribution in [0.2, 0.25) is 0 Å². The maximum absolute atomic E-state index is 13.3. The highest BCUT2D eigenvalue weighted by Gasteiger charge is 2.42. The van der Waals surface area contributed by atoms with Gasteiger partial charge in [-0.25, -0.2) is 13.9 Å². The summed E-state index contributed by atoms with van der Waals surface area (Å²) in [5.41, 5.74) is 1.76. The third-order valence-corrected chi connectivity index (χ3v) is 5.85. The fraction of sp³-hybridized carbons (Fsp3) is 0.611. The Kier molecular flexibility index (Phi) is 7.17. The third-order valence-electron chi connectivity index (χ3n) is 3.99. The van der Waals surface area contributed by atoms with Crippen LogP contribution >= 0.6 is 0 Å². The van der Waals surface area contributed by atoms with Gasteiger partial charge in [-0.15, -0.1) is 0 Å². The summed E-state index contributed by atoms with van der Waals surface area (Å²) >= 11 is 0. The van der Waals surface area contributed by atoms with E-state index < -0.39 is 27.4 Å². The second kappa shape index (κ2) is 8.29. The van der Waals surface area contributed by atoms with Gasteiger partial charge in [-0.05, 0) is 42.4 Å². The summed E-state index contributed by atoms with van der Waals surface area (Å²) in [6.07, 6.45) is 0.607. The number of sulfonamides is 1. The predicted octanol–water partition coefficient (Wildman–Crippen LogP) is 2.95. The highest BCUT2D eigenvalue weighted by atomic mass is 32.2. The molecule has 0 bridgehead atoms. The lowest BCUT2D eigenvalue weighted by atomic mass is 9.86. The van der Waals surface area contributed by atoms with Crippen molar-refractivity contribution >= 4 is 15.9 Å². The second-order valence-electron chi connectivity index (χ2n) is 7.86. The summed E-state index contributed by atoms with van der Waals surface area (Å²) in [6.45, 7) is 11.3. The Balaban J connectivity index is 3.47. The smallest absolute Gasteiger partial charge is 0.262 e. The number of carbonyl (C=O) groups is 1. The van der Waals surface area contributed by atoms with Crippen molar-refractivity contribution in [3.05, 3.63) is 29.8 Å². The van der Waals surface area contributed by atoms with E-state index in [0.717, 1.165) is 5.56 Å².